The van der Waals surface area contributed by atoms with Crippen LogP contribution in [0.1, 0.15) is 18.4 Å². The van der Waals surface area contributed by atoms with E-state index in [4.69, 9.17) is 4.74 Å². The van der Waals surface area contributed by atoms with Gasteiger partial charge in [0.2, 0.25) is 0 Å². The molecule has 1 aliphatic rings. The fraction of sp³-hybridized carbons (Fsp3) is 0.368. The van der Waals surface area contributed by atoms with Crippen molar-refractivity contribution < 1.29 is 4.74 Å². The average Bonchev–Trinajstić information content (AvgIpc) is 3.09. The molecule has 0 unspecified atom stereocenters. The molecule has 2 aromatic rings. The summed E-state index contributed by atoms with van der Waals surface area (Å²) in [7, 11) is 3.84. The molecule has 0 aromatic heterocycles. The van der Waals surface area contributed by atoms with E-state index in [1.807, 2.05) is 12.1 Å². The van der Waals surface area contributed by atoms with Crippen LogP contribution in [0.2, 0.25) is 0 Å². The third-order valence-electron chi connectivity index (χ3n) is 4.32. The van der Waals surface area contributed by atoms with Crippen molar-refractivity contribution in [3.8, 4) is 5.75 Å². The van der Waals surface area contributed by atoms with Gasteiger partial charge in [0.05, 0.1) is 7.11 Å². The molecule has 0 radical (unpaired) electrons. The van der Waals surface area contributed by atoms with Crippen LogP contribution in [0.3, 0.4) is 0 Å². The molecule has 0 spiro atoms. The number of rotatable bonds is 5. The lowest BCUT2D eigenvalue weighted by molar-refractivity contribution is 0.414. The quantitative estimate of drug-likeness (QED) is 0.831. The second kappa shape index (κ2) is 6.73. The number of anilines is 2. The van der Waals surface area contributed by atoms with Crippen LogP contribution in [-0.4, -0.2) is 27.2 Å². The lowest BCUT2D eigenvalue weighted by atomic mass is 10.2. The molecule has 3 heteroatoms. The molecule has 0 aliphatic carbocycles. The first-order chi connectivity index (χ1) is 10.8. The van der Waals surface area contributed by atoms with Crippen molar-refractivity contribution in [3.05, 3.63) is 54.1 Å². The number of hydrogen-bond acceptors (Lipinski definition) is 3. The van der Waals surface area contributed by atoms with E-state index in [0.717, 1.165) is 12.3 Å². The van der Waals surface area contributed by atoms with E-state index in [-0.39, 0.29) is 0 Å². The van der Waals surface area contributed by atoms with Crippen molar-refractivity contribution in [2.75, 3.05) is 37.0 Å². The molecule has 1 aliphatic heterocycles. The lowest BCUT2D eigenvalue weighted by Crippen LogP contribution is -2.19. The monoisotopic (exact) mass is 296 g/mol. The van der Waals surface area contributed by atoms with E-state index in [9.17, 15) is 0 Å². The van der Waals surface area contributed by atoms with E-state index in [1.54, 1.807) is 7.11 Å². The molecule has 3 nitrogen and oxygen atoms in total. The molecule has 22 heavy (non-hydrogen) atoms. The van der Waals surface area contributed by atoms with Crippen LogP contribution in [0.5, 0.6) is 5.75 Å². The molecular weight excluding hydrogens is 272 g/mol. The summed E-state index contributed by atoms with van der Waals surface area (Å²) in [5.74, 6) is 0.912. The molecule has 3 rings (SSSR count). The first-order valence-corrected chi connectivity index (χ1v) is 7.95. The SMILES string of the molecule is COc1cccc(CN(C)c2ccc(N3CCCC3)cc2)c1. The second-order valence-electron chi connectivity index (χ2n) is 5.92. The van der Waals surface area contributed by atoms with Gasteiger partial charge in [-0.25, -0.2) is 0 Å². The van der Waals surface area contributed by atoms with Gasteiger partial charge in [0.1, 0.15) is 5.75 Å². The highest BCUT2D eigenvalue weighted by atomic mass is 16.5. The molecule has 0 amide bonds. The third-order valence-corrected chi connectivity index (χ3v) is 4.32. The number of methoxy groups -OCH3 is 1. The Labute approximate surface area is 133 Å². The van der Waals surface area contributed by atoms with E-state index < -0.39 is 0 Å². The Bertz CT molecular complexity index is 603. The molecule has 0 N–H and O–H groups in total. The normalized spacial score (nSPS) is 14.2. The molecule has 0 saturated carbocycles. The Balaban J connectivity index is 1.67. The number of hydrogen-bond donors (Lipinski definition) is 0. The molecule has 0 bridgehead atoms. The minimum Gasteiger partial charge on any atom is -0.497 e. The van der Waals surface area contributed by atoms with Gasteiger partial charge in [-0.2, -0.15) is 0 Å². The minimum absolute atomic E-state index is 0.875. The first kappa shape index (κ1) is 14.8. The summed E-state index contributed by atoms with van der Waals surface area (Å²) in [5, 5.41) is 0. The van der Waals surface area contributed by atoms with Crippen molar-refractivity contribution in [1.29, 1.82) is 0 Å². The van der Waals surface area contributed by atoms with Crippen molar-refractivity contribution >= 4 is 11.4 Å². The van der Waals surface area contributed by atoms with Crippen LogP contribution in [0.25, 0.3) is 0 Å². The zero-order valence-electron chi connectivity index (χ0n) is 13.5. The summed E-state index contributed by atoms with van der Waals surface area (Å²) >= 11 is 0. The van der Waals surface area contributed by atoms with Gasteiger partial charge >= 0.3 is 0 Å². The van der Waals surface area contributed by atoms with E-state index >= 15 is 0 Å². The van der Waals surface area contributed by atoms with Crippen molar-refractivity contribution in [2.24, 2.45) is 0 Å². The molecular formula is C19H24N2O. The van der Waals surface area contributed by atoms with E-state index in [0.29, 0.717) is 0 Å². The molecule has 1 heterocycles. The van der Waals surface area contributed by atoms with Crippen LogP contribution >= 0.6 is 0 Å². The largest absolute Gasteiger partial charge is 0.497 e. The number of benzene rings is 2. The fourth-order valence-electron chi connectivity index (χ4n) is 3.03. The Morgan fingerprint density at radius 3 is 2.45 bits per heavy atom. The molecule has 1 fully saturated rings. The van der Waals surface area contributed by atoms with Gasteiger partial charge in [-0.1, -0.05) is 12.1 Å². The maximum Gasteiger partial charge on any atom is 0.119 e. The predicted molar refractivity (Wildman–Crippen MR) is 93.0 cm³/mol. The van der Waals surface area contributed by atoms with Gasteiger partial charge in [0, 0.05) is 38.1 Å². The van der Waals surface area contributed by atoms with E-state index in [1.165, 1.54) is 42.9 Å². The molecule has 2 aromatic carbocycles. The second-order valence-corrected chi connectivity index (χ2v) is 5.92. The first-order valence-electron chi connectivity index (χ1n) is 7.95. The standard InChI is InChI=1S/C19H24N2O/c1-20(15-16-6-5-7-19(14-16)22-2)17-8-10-18(11-9-17)21-12-3-4-13-21/h5-11,14H,3-4,12-13,15H2,1-2H3. The van der Waals surface area contributed by atoms with Gasteiger partial charge in [0.25, 0.3) is 0 Å². The zero-order valence-corrected chi connectivity index (χ0v) is 13.5. The van der Waals surface area contributed by atoms with Crippen LogP contribution in [0, 0.1) is 0 Å². The van der Waals surface area contributed by atoms with E-state index in [2.05, 4.69) is 53.2 Å². The summed E-state index contributed by atoms with van der Waals surface area (Å²) in [6.07, 6.45) is 2.63. The third kappa shape index (κ3) is 3.35. The van der Waals surface area contributed by atoms with Gasteiger partial charge in [-0.3, -0.25) is 0 Å². The topological polar surface area (TPSA) is 15.7 Å². The Hall–Kier alpha value is -2.16. The highest BCUT2D eigenvalue weighted by Crippen LogP contribution is 2.24. The van der Waals surface area contributed by atoms with Gasteiger partial charge in [-0.15, -0.1) is 0 Å². The van der Waals surface area contributed by atoms with Crippen LogP contribution in [-0.2, 0) is 6.54 Å². The highest BCUT2D eigenvalue weighted by molar-refractivity contribution is 5.56. The average molecular weight is 296 g/mol. The lowest BCUT2D eigenvalue weighted by Gasteiger charge is -2.22. The van der Waals surface area contributed by atoms with Gasteiger partial charge in [-0.05, 0) is 54.8 Å². The molecule has 0 atom stereocenters. The van der Waals surface area contributed by atoms with Crippen molar-refractivity contribution in [3.63, 3.8) is 0 Å². The van der Waals surface area contributed by atoms with Crippen LogP contribution in [0.15, 0.2) is 48.5 Å². The maximum absolute atomic E-state index is 5.29. The fourth-order valence-corrected chi connectivity index (χ4v) is 3.03. The van der Waals surface area contributed by atoms with Crippen LogP contribution in [0.4, 0.5) is 11.4 Å². The zero-order chi connectivity index (χ0) is 15.4. The molecule has 116 valence electrons. The maximum atomic E-state index is 5.29. The molecule has 1 saturated heterocycles. The smallest absolute Gasteiger partial charge is 0.119 e. The van der Waals surface area contributed by atoms with Crippen LogP contribution < -0.4 is 14.5 Å². The van der Waals surface area contributed by atoms with Crippen molar-refractivity contribution in [2.45, 2.75) is 19.4 Å². The Kier molecular flexibility index (Phi) is 4.52. The summed E-state index contributed by atoms with van der Waals surface area (Å²) in [4.78, 5) is 4.73. The summed E-state index contributed by atoms with van der Waals surface area (Å²) < 4.78 is 5.29. The van der Waals surface area contributed by atoms with Gasteiger partial charge < -0.3 is 14.5 Å². The van der Waals surface area contributed by atoms with Gasteiger partial charge in [0.15, 0.2) is 0 Å². The van der Waals surface area contributed by atoms with Crippen molar-refractivity contribution in [1.82, 2.24) is 0 Å². The summed E-state index contributed by atoms with van der Waals surface area (Å²) in [5.41, 5.74) is 3.84. The Morgan fingerprint density at radius 2 is 1.77 bits per heavy atom. The summed E-state index contributed by atoms with van der Waals surface area (Å²) in [6, 6.07) is 17.2. The predicted octanol–water partition coefficient (Wildman–Crippen LogP) is 3.93. The highest BCUT2D eigenvalue weighted by Gasteiger charge is 2.12. The Morgan fingerprint density at radius 1 is 1.05 bits per heavy atom. The summed E-state index contributed by atoms with van der Waals surface area (Å²) in [6.45, 7) is 3.26. The number of ether oxygens (including phenoxy) is 1. The minimum atomic E-state index is 0.875. The number of nitrogens with zero attached hydrogens (tertiary/aromatic N) is 2.